The molecule has 24 heavy (non-hydrogen) atoms. The molecule has 0 spiro atoms. The Bertz CT molecular complexity index is 707. The van der Waals surface area contributed by atoms with E-state index in [0.29, 0.717) is 13.1 Å². The smallest absolute Gasteiger partial charge is 0.407 e. The summed E-state index contributed by atoms with van der Waals surface area (Å²) in [6.07, 6.45) is -0.425. The largest absolute Gasteiger partial charge is 0.497 e. The van der Waals surface area contributed by atoms with Gasteiger partial charge in [-0.2, -0.15) is 0 Å². The lowest BCUT2D eigenvalue weighted by molar-refractivity contribution is 0.0525. The molecule has 0 bridgehead atoms. The molecule has 3 N–H and O–H groups in total. The van der Waals surface area contributed by atoms with Crippen molar-refractivity contribution in [2.24, 2.45) is 5.73 Å². The van der Waals surface area contributed by atoms with Crippen LogP contribution in [-0.2, 0) is 4.74 Å². The SMILES string of the molecule is COc1ccc2cc(C(CN)CNC(=O)OC(C)(C)C)ccc2c1. The maximum atomic E-state index is 11.8. The van der Waals surface area contributed by atoms with Crippen molar-refractivity contribution < 1.29 is 14.3 Å². The van der Waals surface area contributed by atoms with E-state index in [4.69, 9.17) is 15.2 Å². The van der Waals surface area contributed by atoms with E-state index in [2.05, 4.69) is 11.4 Å². The first-order valence-corrected chi connectivity index (χ1v) is 8.07. The van der Waals surface area contributed by atoms with Crippen LogP contribution in [0.2, 0.25) is 0 Å². The normalized spacial score (nSPS) is 12.7. The molecule has 2 aromatic rings. The molecular weight excluding hydrogens is 304 g/mol. The zero-order chi connectivity index (χ0) is 17.7. The molecule has 0 saturated carbocycles. The first kappa shape index (κ1) is 18.1. The number of hydrogen-bond donors (Lipinski definition) is 2. The van der Waals surface area contributed by atoms with Crippen LogP contribution in [0, 0.1) is 0 Å². The second-order valence-corrected chi connectivity index (χ2v) is 6.79. The minimum Gasteiger partial charge on any atom is -0.497 e. The standard InChI is InChI=1S/C19H26N2O3/c1-19(2,3)24-18(22)21-12-16(11-20)14-5-6-15-10-17(23-4)8-7-13(15)9-14/h5-10,16H,11-12,20H2,1-4H3,(H,21,22). The number of rotatable bonds is 5. The number of carbonyl (C=O) groups excluding carboxylic acids is 1. The van der Waals surface area contributed by atoms with Gasteiger partial charge in [0.25, 0.3) is 0 Å². The van der Waals surface area contributed by atoms with Crippen LogP contribution in [0.15, 0.2) is 36.4 Å². The Hall–Kier alpha value is -2.27. The van der Waals surface area contributed by atoms with Crippen LogP contribution in [-0.4, -0.2) is 31.9 Å². The summed E-state index contributed by atoms with van der Waals surface area (Å²) in [6, 6.07) is 12.1. The molecule has 5 heteroatoms. The summed E-state index contributed by atoms with van der Waals surface area (Å²) in [5, 5.41) is 5.01. The van der Waals surface area contributed by atoms with Crippen LogP contribution < -0.4 is 15.8 Å². The Morgan fingerprint density at radius 2 is 1.83 bits per heavy atom. The van der Waals surface area contributed by atoms with Gasteiger partial charge in [0.05, 0.1) is 7.11 Å². The summed E-state index contributed by atoms with van der Waals surface area (Å²) >= 11 is 0. The third-order valence-corrected chi connectivity index (χ3v) is 3.72. The lowest BCUT2D eigenvalue weighted by Crippen LogP contribution is -2.36. The Morgan fingerprint density at radius 3 is 2.46 bits per heavy atom. The van der Waals surface area contributed by atoms with Gasteiger partial charge >= 0.3 is 6.09 Å². The van der Waals surface area contributed by atoms with Crippen LogP contribution in [0.4, 0.5) is 4.79 Å². The van der Waals surface area contributed by atoms with E-state index < -0.39 is 11.7 Å². The molecule has 1 unspecified atom stereocenters. The van der Waals surface area contributed by atoms with Crippen LogP contribution in [0.1, 0.15) is 32.3 Å². The topological polar surface area (TPSA) is 73.6 Å². The molecule has 0 aliphatic rings. The maximum absolute atomic E-state index is 11.8. The van der Waals surface area contributed by atoms with Gasteiger partial charge < -0.3 is 20.5 Å². The van der Waals surface area contributed by atoms with Crippen LogP contribution in [0.5, 0.6) is 5.75 Å². The lowest BCUT2D eigenvalue weighted by Gasteiger charge is -2.22. The van der Waals surface area contributed by atoms with E-state index in [1.165, 1.54) is 0 Å². The Morgan fingerprint density at radius 1 is 1.17 bits per heavy atom. The van der Waals surface area contributed by atoms with Crippen molar-refractivity contribution in [1.29, 1.82) is 0 Å². The fourth-order valence-corrected chi connectivity index (χ4v) is 2.48. The molecule has 130 valence electrons. The van der Waals surface area contributed by atoms with Crippen LogP contribution >= 0.6 is 0 Å². The van der Waals surface area contributed by atoms with E-state index in [-0.39, 0.29) is 5.92 Å². The molecule has 5 nitrogen and oxygen atoms in total. The third kappa shape index (κ3) is 4.86. The highest BCUT2D eigenvalue weighted by molar-refractivity contribution is 5.84. The van der Waals surface area contributed by atoms with E-state index in [0.717, 1.165) is 22.1 Å². The second kappa shape index (κ2) is 7.53. The zero-order valence-corrected chi connectivity index (χ0v) is 14.8. The van der Waals surface area contributed by atoms with Crippen molar-refractivity contribution in [1.82, 2.24) is 5.32 Å². The molecule has 0 aromatic heterocycles. The number of benzene rings is 2. The fraction of sp³-hybridized carbons (Fsp3) is 0.421. The molecule has 0 aliphatic carbocycles. The van der Waals surface area contributed by atoms with Gasteiger partial charge in [-0.05, 0) is 49.2 Å². The minimum atomic E-state index is -0.510. The van der Waals surface area contributed by atoms with Gasteiger partial charge in [0, 0.05) is 19.0 Å². The predicted octanol–water partition coefficient (Wildman–Crippen LogP) is 3.42. The molecule has 0 radical (unpaired) electrons. The Balaban J connectivity index is 2.09. The van der Waals surface area contributed by atoms with Crippen LogP contribution in [0.3, 0.4) is 0 Å². The average molecular weight is 330 g/mol. The van der Waals surface area contributed by atoms with E-state index >= 15 is 0 Å². The summed E-state index contributed by atoms with van der Waals surface area (Å²) in [4.78, 5) is 11.8. The lowest BCUT2D eigenvalue weighted by atomic mass is 9.96. The van der Waals surface area contributed by atoms with Gasteiger partial charge in [-0.25, -0.2) is 4.79 Å². The Labute approximate surface area is 143 Å². The summed E-state index contributed by atoms with van der Waals surface area (Å²) in [5.41, 5.74) is 6.48. The molecule has 2 rings (SSSR count). The molecular formula is C19H26N2O3. The summed E-state index contributed by atoms with van der Waals surface area (Å²) in [6.45, 7) is 6.39. The van der Waals surface area contributed by atoms with Crippen LogP contribution in [0.25, 0.3) is 10.8 Å². The van der Waals surface area contributed by atoms with Gasteiger partial charge in [-0.1, -0.05) is 24.3 Å². The molecule has 1 atom stereocenters. The maximum Gasteiger partial charge on any atom is 0.407 e. The van der Waals surface area contributed by atoms with Crippen molar-refractivity contribution in [3.63, 3.8) is 0 Å². The predicted molar refractivity (Wildman–Crippen MR) is 96.5 cm³/mol. The second-order valence-electron chi connectivity index (χ2n) is 6.79. The van der Waals surface area contributed by atoms with Crippen molar-refractivity contribution in [3.05, 3.63) is 42.0 Å². The van der Waals surface area contributed by atoms with Crippen molar-refractivity contribution in [2.75, 3.05) is 20.2 Å². The van der Waals surface area contributed by atoms with Crippen molar-refractivity contribution in [2.45, 2.75) is 32.3 Å². The number of carbonyl (C=O) groups is 1. The zero-order valence-electron chi connectivity index (χ0n) is 14.8. The molecule has 0 fully saturated rings. The number of amides is 1. The first-order valence-electron chi connectivity index (χ1n) is 8.07. The molecule has 0 saturated heterocycles. The number of nitrogens with one attached hydrogen (secondary N) is 1. The minimum absolute atomic E-state index is 0.0315. The number of nitrogens with two attached hydrogens (primary N) is 1. The van der Waals surface area contributed by atoms with E-state index in [1.54, 1.807) is 7.11 Å². The number of hydrogen-bond acceptors (Lipinski definition) is 4. The summed E-state index contributed by atoms with van der Waals surface area (Å²) < 4.78 is 10.5. The third-order valence-electron chi connectivity index (χ3n) is 3.72. The molecule has 0 heterocycles. The monoisotopic (exact) mass is 330 g/mol. The van der Waals surface area contributed by atoms with Crippen molar-refractivity contribution in [3.8, 4) is 5.75 Å². The van der Waals surface area contributed by atoms with Gasteiger partial charge in [-0.15, -0.1) is 0 Å². The number of methoxy groups -OCH3 is 1. The molecule has 0 aliphatic heterocycles. The highest BCUT2D eigenvalue weighted by atomic mass is 16.6. The molecule has 1 amide bonds. The summed E-state index contributed by atoms with van der Waals surface area (Å²) in [7, 11) is 1.66. The van der Waals surface area contributed by atoms with Gasteiger partial charge in [0.2, 0.25) is 0 Å². The van der Waals surface area contributed by atoms with E-state index in [1.807, 2.05) is 51.1 Å². The number of fused-ring (bicyclic) bond motifs is 1. The Kier molecular flexibility index (Phi) is 5.67. The summed E-state index contributed by atoms with van der Waals surface area (Å²) in [5.74, 6) is 0.862. The molecule has 2 aromatic carbocycles. The van der Waals surface area contributed by atoms with Gasteiger partial charge in [0.1, 0.15) is 11.4 Å². The van der Waals surface area contributed by atoms with E-state index in [9.17, 15) is 4.79 Å². The highest BCUT2D eigenvalue weighted by Gasteiger charge is 2.18. The first-order chi connectivity index (χ1) is 11.3. The number of alkyl carbamates (subject to hydrolysis) is 1. The average Bonchev–Trinajstić information content (AvgIpc) is 2.53. The van der Waals surface area contributed by atoms with Gasteiger partial charge in [-0.3, -0.25) is 0 Å². The quantitative estimate of drug-likeness (QED) is 0.881. The van der Waals surface area contributed by atoms with Crippen molar-refractivity contribution >= 4 is 16.9 Å². The number of ether oxygens (including phenoxy) is 2. The van der Waals surface area contributed by atoms with Gasteiger partial charge in [0.15, 0.2) is 0 Å². The fourth-order valence-electron chi connectivity index (χ4n) is 2.48. The highest BCUT2D eigenvalue weighted by Crippen LogP contribution is 2.24.